The molecule has 0 amide bonds. The number of hydrogen-bond acceptors (Lipinski definition) is 3. The molecule has 0 aromatic carbocycles. The number of aromatic amines is 1. The Labute approximate surface area is 103 Å². The highest BCUT2D eigenvalue weighted by atomic mass is 79.9. The number of rotatable bonds is 4. The first-order valence-electron chi connectivity index (χ1n) is 5.04. The number of pyridine rings is 1. The molecule has 2 aromatic rings. The second-order valence-electron chi connectivity index (χ2n) is 3.64. The van der Waals surface area contributed by atoms with Crippen molar-refractivity contribution < 1.29 is 0 Å². The fourth-order valence-electron chi connectivity index (χ4n) is 1.45. The van der Waals surface area contributed by atoms with Crippen LogP contribution in [0.3, 0.4) is 0 Å². The van der Waals surface area contributed by atoms with Gasteiger partial charge in [-0.25, -0.2) is 0 Å². The molecular weight excluding hydrogens is 268 g/mol. The lowest BCUT2D eigenvalue weighted by atomic mass is 10.2. The molecule has 2 rings (SSSR count). The van der Waals surface area contributed by atoms with Gasteiger partial charge in [-0.15, -0.1) is 0 Å². The first-order valence-corrected chi connectivity index (χ1v) is 5.84. The average Bonchev–Trinajstić information content (AvgIpc) is 2.65. The zero-order chi connectivity index (χ0) is 11.4. The molecule has 0 spiro atoms. The van der Waals surface area contributed by atoms with Crippen LogP contribution in [0.5, 0.6) is 0 Å². The molecular formula is C11H13BrN4. The Kier molecular flexibility index (Phi) is 3.69. The van der Waals surface area contributed by atoms with E-state index in [1.165, 1.54) is 5.56 Å². The van der Waals surface area contributed by atoms with Crippen LogP contribution in [-0.4, -0.2) is 15.2 Å². The van der Waals surface area contributed by atoms with E-state index in [1.807, 2.05) is 19.3 Å². The Morgan fingerprint density at radius 2 is 2.19 bits per heavy atom. The summed E-state index contributed by atoms with van der Waals surface area (Å²) < 4.78 is 1.01. The number of hydrogen-bond donors (Lipinski definition) is 2. The van der Waals surface area contributed by atoms with Gasteiger partial charge >= 0.3 is 0 Å². The molecule has 0 saturated heterocycles. The normalized spacial score (nSPS) is 10.6. The Hall–Kier alpha value is -1.20. The van der Waals surface area contributed by atoms with Crippen LogP contribution in [0.2, 0.25) is 0 Å². The first-order chi connectivity index (χ1) is 7.75. The minimum atomic E-state index is 0.803. The number of halogens is 1. The Morgan fingerprint density at radius 3 is 2.88 bits per heavy atom. The molecule has 2 aromatic heterocycles. The first kappa shape index (κ1) is 11.3. The average molecular weight is 281 g/mol. The summed E-state index contributed by atoms with van der Waals surface area (Å²) in [6, 6.07) is 2.06. The van der Waals surface area contributed by atoms with Crippen molar-refractivity contribution in [2.45, 2.75) is 20.0 Å². The fourth-order valence-corrected chi connectivity index (χ4v) is 1.86. The smallest absolute Gasteiger partial charge is 0.0535 e. The van der Waals surface area contributed by atoms with Gasteiger partial charge in [0.15, 0.2) is 0 Å². The molecule has 0 aliphatic carbocycles. The van der Waals surface area contributed by atoms with E-state index in [9.17, 15) is 0 Å². The summed E-state index contributed by atoms with van der Waals surface area (Å²) >= 11 is 3.40. The van der Waals surface area contributed by atoms with Gasteiger partial charge in [0, 0.05) is 41.2 Å². The molecule has 0 unspecified atom stereocenters. The van der Waals surface area contributed by atoms with E-state index in [0.717, 1.165) is 28.8 Å². The number of H-pyrrole nitrogens is 1. The highest BCUT2D eigenvalue weighted by Gasteiger charge is 2.00. The second kappa shape index (κ2) is 5.23. The Bertz CT molecular complexity index is 467. The van der Waals surface area contributed by atoms with Gasteiger partial charge in [-0.05, 0) is 34.5 Å². The number of aryl methyl sites for hydroxylation is 1. The minimum absolute atomic E-state index is 0.803. The molecule has 5 heteroatoms. The van der Waals surface area contributed by atoms with Gasteiger partial charge in [-0.3, -0.25) is 10.1 Å². The summed E-state index contributed by atoms with van der Waals surface area (Å²) in [5.74, 6) is 0. The summed E-state index contributed by atoms with van der Waals surface area (Å²) in [5.41, 5.74) is 3.47. The molecule has 0 bridgehead atoms. The predicted molar refractivity (Wildman–Crippen MR) is 65.8 cm³/mol. The van der Waals surface area contributed by atoms with Crippen LogP contribution in [0.15, 0.2) is 29.1 Å². The zero-order valence-corrected chi connectivity index (χ0v) is 10.6. The Morgan fingerprint density at radius 1 is 1.31 bits per heavy atom. The van der Waals surface area contributed by atoms with Crippen molar-refractivity contribution in [2.24, 2.45) is 0 Å². The molecule has 16 heavy (non-hydrogen) atoms. The van der Waals surface area contributed by atoms with Crippen molar-refractivity contribution in [3.63, 3.8) is 0 Å². The predicted octanol–water partition coefficient (Wildman–Crippen LogP) is 2.17. The molecule has 0 saturated carbocycles. The Balaban J connectivity index is 1.87. The summed E-state index contributed by atoms with van der Waals surface area (Å²) in [5, 5.41) is 10.2. The van der Waals surface area contributed by atoms with Gasteiger partial charge in [0.2, 0.25) is 0 Å². The van der Waals surface area contributed by atoms with Crippen LogP contribution in [0, 0.1) is 6.92 Å². The van der Waals surface area contributed by atoms with Crippen LogP contribution >= 0.6 is 15.9 Å². The van der Waals surface area contributed by atoms with Gasteiger partial charge in [-0.2, -0.15) is 5.10 Å². The minimum Gasteiger partial charge on any atom is -0.308 e. The maximum atomic E-state index is 4.11. The maximum Gasteiger partial charge on any atom is 0.0535 e. The molecule has 84 valence electrons. The quantitative estimate of drug-likeness (QED) is 0.903. The largest absolute Gasteiger partial charge is 0.308 e. The molecule has 0 atom stereocenters. The zero-order valence-electron chi connectivity index (χ0n) is 9.00. The molecule has 0 fully saturated rings. The summed E-state index contributed by atoms with van der Waals surface area (Å²) in [7, 11) is 0. The van der Waals surface area contributed by atoms with Crippen molar-refractivity contribution in [2.75, 3.05) is 0 Å². The highest BCUT2D eigenvalue weighted by Crippen LogP contribution is 2.09. The van der Waals surface area contributed by atoms with E-state index in [4.69, 9.17) is 0 Å². The van der Waals surface area contributed by atoms with Crippen LogP contribution < -0.4 is 5.32 Å². The van der Waals surface area contributed by atoms with Crippen molar-refractivity contribution in [1.82, 2.24) is 20.5 Å². The molecule has 2 N–H and O–H groups in total. The fraction of sp³-hybridized carbons (Fsp3) is 0.273. The second-order valence-corrected chi connectivity index (χ2v) is 4.55. The van der Waals surface area contributed by atoms with Crippen molar-refractivity contribution >= 4 is 15.9 Å². The molecule has 2 heterocycles. The summed E-state index contributed by atoms with van der Waals surface area (Å²) in [6.45, 7) is 3.64. The van der Waals surface area contributed by atoms with E-state index < -0.39 is 0 Å². The van der Waals surface area contributed by atoms with E-state index in [2.05, 4.69) is 42.5 Å². The number of aromatic nitrogens is 3. The van der Waals surface area contributed by atoms with Gasteiger partial charge in [0.25, 0.3) is 0 Å². The van der Waals surface area contributed by atoms with Crippen LogP contribution in [0.25, 0.3) is 0 Å². The maximum absolute atomic E-state index is 4.11. The van der Waals surface area contributed by atoms with E-state index >= 15 is 0 Å². The number of nitrogens with zero attached hydrogens (tertiary/aromatic N) is 2. The number of nitrogens with one attached hydrogen (secondary N) is 2. The van der Waals surface area contributed by atoms with E-state index in [1.54, 1.807) is 6.20 Å². The third-order valence-corrected chi connectivity index (χ3v) is 2.77. The lowest BCUT2D eigenvalue weighted by Crippen LogP contribution is -2.13. The molecule has 0 radical (unpaired) electrons. The lowest BCUT2D eigenvalue weighted by molar-refractivity contribution is 0.688. The van der Waals surface area contributed by atoms with Crippen LogP contribution in [0.4, 0.5) is 0 Å². The van der Waals surface area contributed by atoms with Crippen molar-refractivity contribution in [1.29, 1.82) is 0 Å². The highest BCUT2D eigenvalue weighted by molar-refractivity contribution is 9.10. The van der Waals surface area contributed by atoms with E-state index in [0.29, 0.717) is 0 Å². The van der Waals surface area contributed by atoms with Gasteiger partial charge in [0.05, 0.1) is 6.20 Å². The standard InChI is InChI=1S/C11H13BrN4/c1-8-10(6-15-16-8)5-13-3-9-2-11(12)7-14-4-9/h2,4,6-7,13H,3,5H2,1H3,(H,15,16). The summed E-state index contributed by atoms with van der Waals surface area (Å²) in [6.07, 6.45) is 5.49. The topological polar surface area (TPSA) is 53.6 Å². The summed E-state index contributed by atoms with van der Waals surface area (Å²) in [4.78, 5) is 4.11. The third-order valence-electron chi connectivity index (χ3n) is 2.34. The van der Waals surface area contributed by atoms with Crippen LogP contribution in [0.1, 0.15) is 16.8 Å². The molecule has 0 aliphatic rings. The molecule has 0 aliphatic heterocycles. The SMILES string of the molecule is Cc1[nH]ncc1CNCc1cncc(Br)c1. The van der Waals surface area contributed by atoms with Gasteiger partial charge in [0.1, 0.15) is 0 Å². The van der Waals surface area contributed by atoms with Crippen LogP contribution in [-0.2, 0) is 13.1 Å². The lowest BCUT2D eigenvalue weighted by Gasteiger charge is -2.04. The van der Waals surface area contributed by atoms with Crippen molar-refractivity contribution in [3.8, 4) is 0 Å². The van der Waals surface area contributed by atoms with Gasteiger partial charge < -0.3 is 5.32 Å². The molecule has 4 nitrogen and oxygen atoms in total. The monoisotopic (exact) mass is 280 g/mol. The van der Waals surface area contributed by atoms with E-state index in [-0.39, 0.29) is 0 Å². The van der Waals surface area contributed by atoms with Crippen molar-refractivity contribution in [3.05, 3.63) is 46.0 Å². The third kappa shape index (κ3) is 2.90. The van der Waals surface area contributed by atoms with Gasteiger partial charge in [-0.1, -0.05) is 0 Å².